The highest BCUT2D eigenvalue weighted by Gasteiger charge is 2.06. The Morgan fingerprint density at radius 1 is 1.28 bits per heavy atom. The number of carboxylic acid groups (broad SMARTS) is 1. The van der Waals surface area contributed by atoms with Crippen molar-refractivity contribution in [2.24, 2.45) is 0 Å². The molecule has 0 aliphatic heterocycles. The maximum Gasteiger partial charge on any atom is 0.336 e. The highest BCUT2D eigenvalue weighted by atomic mass is 35.5. The molecule has 2 rings (SSSR count). The monoisotopic (exact) mass is 301 g/mol. The average Bonchev–Trinajstić information content (AvgIpc) is 2.79. The molecule has 0 bridgehead atoms. The predicted octanol–water partition coefficient (Wildman–Crippen LogP) is 4.37. The molecule has 2 aromatic rings. The molecule has 1 aromatic heterocycles. The Labute approximate surface area is 118 Å². The highest BCUT2D eigenvalue weighted by Crippen LogP contribution is 2.25. The molecule has 94 valence electrons. The van der Waals surface area contributed by atoms with Gasteiger partial charge in [-0.1, -0.05) is 23.2 Å². The van der Waals surface area contributed by atoms with Crippen LogP contribution in [0.3, 0.4) is 0 Å². The summed E-state index contributed by atoms with van der Waals surface area (Å²) in [6.07, 6.45) is 0. The molecule has 0 aliphatic carbocycles. The van der Waals surface area contributed by atoms with Gasteiger partial charge < -0.3 is 10.4 Å². The normalized spacial score (nSPS) is 10.3. The van der Waals surface area contributed by atoms with Gasteiger partial charge in [-0.05, 0) is 24.3 Å². The van der Waals surface area contributed by atoms with Crippen molar-refractivity contribution in [3.8, 4) is 0 Å². The summed E-state index contributed by atoms with van der Waals surface area (Å²) in [7, 11) is 0. The number of thiophene rings is 1. The van der Waals surface area contributed by atoms with E-state index in [2.05, 4.69) is 5.32 Å². The predicted molar refractivity (Wildman–Crippen MR) is 75.1 cm³/mol. The Morgan fingerprint density at radius 2 is 2.06 bits per heavy atom. The molecule has 3 nitrogen and oxygen atoms in total. The van der Waals surface area contributed by atoms with E-state index in [1.165, 1.54) is 11.3 Å². The van der Waals surface area contributed by atoms with Gasteiger partial charge in [-0.25, -0.2) is 4.79 Å². The fraction of sp³-hybridized carbons (Fsp3) is 0.0833. The van der Waals surface area contributed by atoms with E-state index in [-0.39, 0.29) is 0 Å². The third-order valence-corrected chi connectivity index (χ3v) is 3.96. The summed E-state index contributed by atoms with van der Waals surface area (Å²) in [5.41, 5.74) is 1.15. The largest absolute Gasteiger partial charge is 0.478 e. The van der Waals surface area contributed by atoms with Crippen molar-refractivity contribution in [1.82, 2.24) is 0 Å². The lowest BCUT2D eigenvalue weighted by atomic mass is 10.3. The number of carboxylic acids is 1. The number of halogens is 2. The topological polar surface area (TPSA) is 49.3 Å². The summed E-state index contributed by atoms with van der Waals surface area (Å²) in [4.78, 5) is 11.7. The summed E-state index contributed by atoms with van der Waals surface area (Å²) in [5, 5.41) is 14.6. The summed E-state index contributed by atoms with van der Waals surface area (Å²) in [5.74, 6) is -0.910. The first kappa shape index (κ1) is 13.2. The smallest absolute Gasteiger partial charge is 0.336 e. The second-order valence-corrected chi connectivity index (χ2v) is 5.40. The zero-order valence-corrected chi connectivity index (χ0v) is 11.4. The number of nitrogens with one attached hydrogen (secondary N) is 1. The maximum atomic E-state index is 10.7. The Hall–Kier alpha value is -1.23. The molecule has 1 heterocycles. The van der Waals surface area contributed by atoms with Gasteiger partial charge in [0.2, 0.25) is 0 Å². The Kier molecular flexibility index (Phi) is 4.11. The molecular weight excluding hydrogens is 293 g/mol. The van der Waals surface area contributed by atoms with Crippen LogP contribution in [0.2, 0.25) is 10.0 Å². The number of rotatable bonds is 4. The van der Waals surface area contributed by atoms with Crippen LogP contribution in [0.5, 0.6) is 0 Å². The summed E-state index contributed by atoms with van der Waals surface area (Å²) in [6.45, 7) is 0.551. The first-order chi connectivity index (χ1) is 8.56. The lowest BCUT2D eigenvalue weighted by Crippen LogP contribution is -1.98. The van der Waals surface area contributed by atoms with Gasteiger partial charge in [0.15, 0.2) is 0 Å². The minimum Gasteiger partial charge on any atom is -0.478 e. The highest BCUT2D eigenvalue weighted by molar-refractivity contribution is 7.10. The van der Waals surface area contributed by atoms with Crippen molar-refractivity contribution in [1.29, 1.82) is 0 Å². The minimum atomic E-state index is -0.910. The van der Waals surface area contributed by atoms with Crippen molar-refractivity contribution in [2.45, 2.75) is 6.54 Å². The van der Waals surface area contributed by atoms with Crippen LogP contribution >= 0.6 is 34.5 Å². The van der Waals surface area contributed by atoms with E-state index in [4.69, 9.17) is 28.3 Å². The third-order valence-electron chi connectivity index (χ3n) is 2.29. The van der Waals surface area contributed by atoms with E-state index >= 15 is 0 Å². The van der Waals surface area contributed by atoms with Crippen LogP contribution in [-0.4, -0.2) is 11.1 Å². The minimum absolute atomic E-state index is 0.311. The van der Waals surface area contributed by atoms with Gasteiger partial charge in [-0.2, -0.15) is 0 Å². The van der Waals surface area contributed by atoms with Crippen LogP contribution in [0.1, 0.15) is 15.2 Å². The van der Waals surface area contributed by atoms with E-state index in [0.29, 0.717) is 22.2 Å². The molecular formula is C12H9Cl2NO2S. The number of anilines is 1. The molecule has 0 saturated heterocycles. The first-order valence-corrected chi connectivity index (χ1v) is 6.69. The zero-order valence-electron chi connectivity index (χ0n) is 9.11. The van der Waals surface area contributed by atoms with Crippen LogP contribution in [-0.2, 0) is 6.54 Å². The Morgan fingerprint density at radius 3 is 2.67 bits per heavy atom. The van der Waals surface area contributed by atoms with E-state index in [1.807, 2.05) is 6.07 Å². The molecule has 0 aliphatic rings. The lowest BCUT2D eigenvalue weighted by molar-refractivity contribution is 0.0697. The van der Waals surface area contributed by atoms with E-state index in [0.717, 1.165) is 10.6 Å². The van der Waals surface area contributed by atoms with Crippen LogP contribution in [0.4, 0.5) is 5.69 Å². The van der Waals surface area contributed by atoms with Gasteiger partial charge in [-0.15, -0.1) is 11.3 Å². The van der Waals surface area contributed by atoms with E-state index in [1.54, 1.807) is 23.6 Å². The molecule has 0 fully saturated rings. The molecule has 1 aromatic carbocycles. The standard InChI is InChI=1S/C12H9Cl2NO2S/c13-10-2-1-8(4-11(10)14)15-5-9-3-7(6-18-9)12(16)17/h1-4,6,15H,5H2,(H,16,17). The van der Waals surface area contributed by atoms with Gasteiger partial charge >= 0.3 is 5.97 Å². The van der Waals surface area contributed by atoms with Gasteiger partial charge in [0, 0.05) is 22.5 Å². The number of benzene rings is 1. The molecule has 0 unspecified atom stereocenters. The van der Waals surface area contributed by atoms with Crippen molar-refractivity contribution in [3.63, 3.8) is 0 Å². The molecule has 0 radical (unpaired) electrons. The third kappa shape index (κ3) is 3.16. The van der Waals surface area contributed by atoms with E-state index < -0.39 is 5.97 Å². The van der Waals surface area contributed by atoms with Crippen LogP contribution < -0.4 is 5.32 Å². The Balaban J connectivity index is 2.02. The van der Waals surface area contributed by atoms with Gasteiger partial charge in [0.25, 0.3) is 0 Å². The quantitative estimate of drug-likeness (QED) is 0.882. The first-order valence-electron chi connectivity index (χ1n) is 5.06. The van der Waals surface area contributed by atoms with Gasteiger partial charge in [0.1, 0.15) is 0 Å². The SMILES string of the molecule is O=C(O)c1csc(CNc2ccc(Cl)c(Cl)c2)c1. The average molecular weight is 302 g/mol. The maximum absolute atomic E-state index is 10.7. The summed E-state index contributed by atoms with van der Waals surface area (Å²) < 4.78 is 0. The second kappa shape index (κ2) is 5.61. The van der Waals surface area contributed by atoms with Crippen LogP contribution in [0.25, 0.3) is 0 Å². The fourth-order valence-corrected chi connectivity index (χ4v) is 2.48. The number of carbonyl (C=O) groups is 1. The molecule has 0 spiro atoms. The molecule has 18 heavy (non-hydrogen) atoms. The van der Waals surface area contributed by atoms with Gasteiger partial charge in [-0.3, -0.25) is 0 Å². The molecule has 6 heteroatoms. The Bertz CT molecular complexity index is 583. The van der Waals surface area contributed by atoms with Crippen LogP contribution in [0.15, 0.2) is 29.6 Å². The van der Waals surface area contributed by atoms with Crippen molar-refractivity contribution >= 4 is 46.2 Å². The van der Waals surface area contributed by atoms with Crippen molar-refractivity contribution < 1.29 is 9.90 Å². The fourth-order valence-electron chi connectivity index (χ4n) is 1.38. The molecule has 0 amide bonds. The van der Waals surface area contributed by atoms with Crippen molar-refractivity contribution in [3.05, 3.63) is 50.1 Å². The summed E-state index contributed by atoms with van der Waals surface area (Å²) in [6, 6.07) is 6.91. The number of hydrogen-bond acceptors (Lipinski definition) is 3. The number of aromatic carboxylic acids is 1. The summed E-state index contributed by atoms with van der Waals surface area (Å²) >= 11 is 13.1. The zero-order chi connectivity index (χ0) is 13.1. The van der Waals surface area contributed by atoms with E-state index in [9.17, 15) is 4.79 Å². The number of hydrogen-bond donors (Lipinski definition) is 2. The second-order valence-electron chi connectivity index (χ2n) is 3.59. The molecule has 0 saturated carbocycles. The molecule has 2 N–H and O–H groups in total. The van der Waals surface area contributed by atoms with Gasteiger partial charge in [0.05, 0.1) is 15.6 Å². The van der Waals surface area contributed by atoms with Crippen LogP contribution in [0, 0.1) is 0 Å². The van der Waals surface area contributed by atoms with Crippen molar-refractivity contribution in [2.75, 3.05) is 5.32 Å². The lowest BCUT2D eigenvalue weighted by Gasteiger charge is -2.05. The molecule has 0 atom stereocenters.